The van der Waals surface area contributed by atoms with Crippen molar-refractivity contribution in [3.8, 4) is 0 Å². The van der Waals surface area contributed by atoms with Crippen molar-refractivity contribution in [2.75, 3.05) is 13.1 Å². The smallest absolute Gasteiger partial charge is 0.317 e. The van der Waals surface area contributed by atoms with Gasteiger partial charge in [0.2, 0.25) is 5.91 Å². The van der Waals surface area contributed by atoms with E-state index in [4.69, 9.17) is 16.7 Å². The molecule has 0 spiro atoms. The monoisotopic (exact) mass is 256 g/mol. The van der Waals surface area contributed by atoms with Crippen LogP contribution in [0, 0.1) is 0 Å². The summed E-state index contributed by atoms with van der Waals surface area (Å²) in [6.07, 6.45) is 0. The molecule has 1 aromatic carbocycles. The van der Waals surface area contributed by atoms with Crippen molar-refractivity contribution in [1.29, 1.82) is 0 Å². The molecule has 1 amide bonds. The van der Waals surface area contributed by atoms with Gasteiger partial charge < -0.3 is 10.4 Å². The van der Waals surface area contributed by atoms with Crippen LogP contribution < -0.4 is 10.6 Å². The van der Waals surface area contributed by atoms with Crippen LogP contribution in [0.2, 0.25) is 5.02 Å². The van der Waals surface area contributed by atoms with Crippen LogP contribution in [0.3, 0.4) is 0 Å². The Hall–Kier alpha value is -1.59. The lowest BCUT2D eigenvalue weighted by molar-refractivity contribution is -0.136. The van der Waals surface area contributed by atoms with Crippen LogP contribution in [0.5, 0.6) is 0 Å². The Morgan fingerprint density at radius 3 is 2.41 bits per heavy atom. The molecule has 5 nitrogen and oxygen atoms in total. The zero-order valence-electron chi connectivity index (χ0n) is 9.07. The van der Waals surface area contributed by atoms with E-state index in [9.17, 15) is 9.59 Å². The van der Waals surface area contributed by atoms with Gasteiger partial charge in [-0.2, -0.15) is 0 Å². The highest BCUT2D eigenvalue weighted by Gasteiger charge is 2.02. The third-order valence-corrected chi connectivity index (χ3v) is 2.22. The van der Waals surface area contributed by atoms with Crippen molar-refractivity contribution >= 4 is 23.5 Å². The van der Waals surface area contributed by atoms with Gasteiger partial charge in [0.25, 0.3) is 0 Å². The Labute approximate surface area is 104 Å². The number of halogens is 1. The SMILES string of the molecule is O=C(O)CNCC(=O)NCc1ccc(Cl)cc1. The molecule has 3 N–H and O–H groups in total. The predicted octanol–water partition coefficient (Wildman–Crippen LogP) is 0.630. The van der Waals surface area contributed by atoms with Crippen LogP contribution >= 0.6 is 11.6 Å². The van der Waals surface area contributed by atoms with E-state index in [0.717, 1.165) is 5.56 Å². The second-order valence-electron chi connectivity index (χ2n) is 3.40. The minimum absolute atomic E-state index is 0.0140. The summed E-state index contributed by atoms with van der Waals surface area (Å²) in [4.78, 5) is 21.5. The summed E-state index contributed by atoms with van der Waals surface area (Å²) in [6.45, 7) is 0.152. The first-order valence-corrected chi connectivity index (χ1v) is 5.39. The molecule has 0 heterocycles. The van der Waals surface area contributed by atoms with E-state index >= 15 is 0 Å². The number of amides is 1. The summed E-state index contributed by atoms with van der Waals surface area (Å²) in [5.74, 6) is -1.24. The fraction of sp³-hybridized carbons (Fsp3) is 0.273. The van der Waals surface area contributed by atoms with Gasteiger partial charge >= 0.3 is 5.97 Å². The topological polar surface area (TPSA) is 78.4 Å². The minimum atomic E-state index is -0.990. The van der Waals surface area contributed by atoms with Crippen molar-refractivity contribution in [3.05, 3.63) is 34.9 Å². The average molecular weight is 257 g/mol. The Kier molecular flexibility index (Phi) is 5.45. The molecule has 92 valence electrons. The van der Waals surface area contributed by atoms with E-state index in [1.807, 2.05) is 12.1 Å². The lowest BCUT2D eigenvalue weighted by atomic mass is 10.2. The first-order valence-electron chi connectivity index (χ1n) is 5.01. The molecule has 0 fully saturated rings. The van der Waals surface area contributed by atoms with Crippen molar-refractivity contribution in [1.82, 2.24) is 10.6 Å². The Balaban J connectivity index is 2.23. The van der Waals surface area contributed by atoms with E-state index in [1.54, 1.807) is 12.1 Å². The zero-order chi connectivity index (χ0) is 12.7. The Morgan fingerprint density at radius 2 is 1.82 bits per heavy atom. The molecule has 0 aliphatic heterocycles. The van der Waals surface area contributed by atoms with Crippen LogP contribution in [-0.2, 0) is 16.1 Å². The molecule has 0 atom stereocenters. The van der Waals surface area contributed by atoms with E-state index in [2.05, 4.69) is 10.6 Å². The van der Waals surface area contributed by atoms with Crippen LogP contribution in [0.15, 0.2) is 24.3 Å². The highest BCUT2D eigenvalue weighted by molar-refractivity contribution is 6.30. The lowest BCUT2D eigenvalue weighted by Crippen LogP contribution is -2.35. The molecule has 0 aromatic heterocycles. The Morgan fingerprint density at radius 1 is 1.18 bits per heavy atom. The number of benzene rings is 1. The number of rotatable bonds is 6. The summed E-state index contributed by atoms with van der Waals surface area (Å²) in [7, 11) is 0. The zero-order valence-corrected chi connectivity index (χ0v) is 9.83. The molecule has 0 unspecified atom stereocenters. The molecule has 0 radical (unpaired) electrons. The fourth-order valence-electron chi connectivity index (χ4n) is 1.15. The van der Waals surface area contributed by atoms with Crippen molar-refractivity contribution in [2.45, 2.75) is 6.54 Å². The van der Waals surface area contributed by atoms with E-state index in [0.29, 0.717) is 11.6 Å². The highest BCUT2D eigenvalue weighted by atomic mass is 35.5. The molecule has 0 aliphatic carbocycles. The van der Waals surface area contributed by atoms with Gasteiger partial charge in [0.15, 0.2) is 0 Å². The summed E-state index contributed by atoms with van der Waals surface area (Å²) < 4.78 is 0. The number of carboxylic acids is 1. The number of aliphatic carboxylic acids is 1. The maximum absolute atomic E-state index is 11.3. The van der Waals surface area contributed by atoms with Gasteiger partial charge in [0.05, 0.1) is 13.1 Å². The third-order valence-electron chi connectivity index (χ3n) is 1.96. The number of carbonyl (C=O) groups excluding carboxylic acids is 1. The van der Waals surface area contributed by atoms with Gasteiger partial charge in [-0.05, 0) is 17.7 Å². The van der Waals surface area contributed by atoms with Crippen molar-refractivity contribution < 1.29 is 14.7 Å². The molecular formula is C11H13ClN2O3. The van der Waals surface area contributed by atoms with E-state index in [1.165, 1.54) is 0 Å². The quantitative estimate of drug-likeness (QED) is 0.698. The van der Waals surface area contributed by atoms with Crippen molar-refractivity contribution in [3.63, 3.8) is 0 Å². The van der Waals surface area contributed by atoms with Crippen LogP contribution in [0.4, 0.5) is 0 Å². The highest BCUT2D eigenvalue weighted by Crippen LogP contribution is 2.08. The largest absolute Gasteiger partial charge is 0.480 e. The molecule has 0 saturated heterocycles. The molecular weight excluding hydrogens is 244 g/mol. The van der Waals surface area contributed by atoms with Gasteiger partial charge in [-0.25, -0.2) is 0 Å². The maximum Gasteiger partial charge on any atom is 0.317 e. The van der Waals surface area contributed by atoms with Crippen LogP contribution in [0.25, 0.3) is 0 Å². The van der Waals surface area contributed by atoms with Gasteiger partial charge in [-0.15, -0.1) is 0 Å². The molecule has 0 saturated carbocycles. The number of carbonyl (C=O) groups is 2. The van der Waals surface area contributed by atoms with Gasteiger partial charge in [-0.3, -0.25) is 14.9 Å². The van der Waals surface area contributed by atoms with E-state index < -0.39 is 5.97 Å². The minimum Gasteiger partial charge on any atom is -0.480 e. The second kappa shape index (κ2) is 6.88. The number of nitrogens with one attached hydrogen (secondary N) is 2. The average Bonchev–Trinajstić information content (AvgIpc) is 2.28. The first kappa shape index (κ1) is 13.5. The summed E-state index contributed by atoms with van der Waals surface area (Å²) >= 11 is 5.72. The molecule has 0 bridgehead atoms. The van der Waals surface area contributed by atoms with Crippen LogP contribution in [-0.4, -0.2) is 30.1 Å². The number of hydrogen-bond acceptors (Lipinski definition) is 3. The third kappa shape index (κ3) is 5.89. The summed E-state index contributed by atoms with van der Waals surface area (Å²) in [6, 6.07) is 7.11. The van der Waals surface area contributed by atoms with E-state index in [-0.39, 0.29) is 19.0 Å². The van der Waals surface area contributed by atoms with Gasteiger partial charge in [-0.1, -0.05) is 23.7 Å². The molecule has 1 rings (SSSR count). The lowest BCUT2D eigenvalue weighted by Gasteiger charge is -2.05. The van der Waals surface area contributed by atoms with Gasteiger partial charge in [0, 0.05) is 11.6 Å². The second-order valence-corrected chi connectivity index (χ2v) is 3.84. The standard InChI is InChI=1S/C11H13ClN2O3/c12-9-3-1-8(2-4-9)5-14-10(15)6-13-7-11(16)17/h1-4,13H,5-7H2,(H,14,15)(H,16,17). The molecule has 17 heavy (non-hydrogen) atoms. The summed E-state index contributed by atoms with van der Waals surface area (Å²) in [5, 5.41) is 14.1. The van der Waals surface area contributed by atoms with Crippen LogP contribution in [0.1, 0.15) is 5.56 Å². The van der Waals surface area contributed by atoms with Crippen molar-refractivity contribution in [2.24, 2.45) is 0 Å². The maximum atomic E-state index is 11.3. The fourth-order valence-corrected chi connectivity index (χ4v) is 1.27. The number of carboxylic acid groups (broad SMARTS) is 1. The first-order chi connectivity index (χ1) is 8.08. The van der Waals surface area contributed by atoms with Gasteiger partial charge in [0.1, 0.15) is 0 Å². The normalized spacial score (nSPS) is 9.94. The molecule has 6 heteroatoms. The summed E-state index contributed by atoms with van der Waals surface area (Å²) in [5.41, 5.74) is 0.931. The molecule has 0 aliphatic rings. The predicted molar refractivity (Wildman–Crippen MR) is 63.8 cm³/mol. The molecule has 1 aromatic rings. The number of hydrogen-bond donors (Lipinski definition) is 3. The Bertz CT molecular complexity index is 392.